The molecule has 3 aromatic rings. The Morgan fingerprint density at radius 1 is 1.19 bits per heavy atom. The fourth-order valence-corrected chi connectivity index (χ4v) is 6.57. The number of sulfonamides is 1. The molecule has 202 valence electrons. The molecule has 2 aromatic carbocycles. The number of rotatable bonds is 8. The second kappa shape index (κ2) is 9.77. The summed E-state index contributed by atoms with van der Waals surface area (Å²) in [4.78, 5) is 18.0. The minimum atomic E-state index is -3.70. The fraction of sp³-hybridized carbons (Fsp3) is 0.333. The number of aliphatic hydroxyl groups is 1. The van der Waals surface area contributed by atoms with Crippen molar-refractivity contribution in [2.45, 2.75) is 42.0 Å². The van der Waals surface area contributed by atoms with Gasteiger partial charge in [-0.15, -0.1) is 0 Å². The van der Waals surface area contributed by atoms with Gasteiger partial charge in [-0.05, 0) is 67.6 Å². The Morgan fingerprint density at radius 3 is 2.62 bits per heavy atom. The van der Waals surface area contributed by atoms with Crippen molar-refractivity contribution in [1.29, 1.82) is 0 Å². The minimum absolute atomic E-state index is 0. The maximum Gasteiger partial charge on any atom is 0.243 e. The van der Waals surface area contributed by atoms with Gasteiger partial charge in [0.2, 0.25) is 15.9 Å². The molecular formula is C27H37N3O6S. The summed E-state index contributed by atoms with van der Waals surface area (Å²) >= 11 is 0. The first-order chi connectivity index (χ1) is 17.8. The number of amides is 1. The number of aliphatic hydroxyl groups excluding tert-OH is 1. The van der Waals surface area contributed by atoms with E-state index >= 15 is 0 Å². The molecule has 1 aliphatic carbocycles. The summed E-state index contributed by atoms with van der Waals surface area (Å²) in [6, 6.07) is 16.3. The van der Waals surface area contributed by atoms with E-state index < -0.39 is 15.4 Å². The third-order valence-corrected chi connectivity index (χ3v) is 9.16. The van der Waals surface area contributed by atoms with Crippen LogP contribution in [0.4, 0.5) is 5.82 Å². The number of pyridine rings is 1. The minimum Gasteiger partial charge on any atom is -0.504 e. The van der Waals surface area contributed by atoms with Crippen molar-refractivity contribution in [3.05, 3.63) is 66.2 Å². The van der Waals surface area contributed by atoms with Gasteiger partial charge in [-0.2, -0.15) is 4.31 Å². The number of ether oxygens (including phenoxy) is 1. The van der Waals surface area contributed by atoms with Crippen LogP contribution in [0.25, 0.3) is 11.3 Å². The van der Waals surface area contributed by atoms with Gasteiger partial charge in [0, 0.05) is 23.9 Å². The van der Waals surface area contributed by atoms with E-state index in [0.29, 0.717) is 48.6 Å². The zero-order chi connectivity index (χ0) is 26.2. The van der Waals surface area contributed by atoms with Crippen molar-refractivity contribution in [1.82, 2.24) is 9.29 Å². The van der Waals surface area contributed by atoms with Gasteiger partial charge in [0.25, 0.3) is 0 Å². The number of aromatic nitrogens is 1. The van der Waals surface area contributed by atoms with E-state index in [4.69, 9.17) is 4.74 Å². The van der Waals surface area contributed by atoms with E-state index in [2.05, 4.69) is 10.3 Å². The zero-order valence-electron chi connectivity index (χ0n) is 20.4. The lowest BCUT2D eigenvalue weighted by Gasteiger charge is -2.22. The molecular weight excluding hydrogens is 494 g/mol. The molecule has 10 heteroatoms. The Balaban J connectivity index is 0.00000210. The number of hydrogen-bond acceptors (Lipinski definition) is 7. The van der Waals surface area contributed by atoms with Gasteiger partial charge < -0.3 is 20.3 Å². The van der Waals surface area contributed by atoms with Crippen LogP contribution < -0.4 is 10.1 Å². The first kappa shape index (κ1) is 25.2. The third kappa shape index (κ3) is 4.68. The van der Waals surface area contributed by atoms with Crippen molar-refractivity contribution < 1.29 is 33.9 Å². The highest BCUT2D eigenvalue weighted by Crippen LogP contribution is 2.50. The summed E-state index contributed by atoms with van der Waals surface area (Å²) in [5.41, 5.74) is 1.37. The number of hydrogen-bond donors (Lipinski definition) is 3. The Hall–Kier alpha value is -3.47. The SMILES string of the molecule is COc1cc(C2(C(=O)Nc3cccc(-c4ccc(S(=O)(=O)N5CCC[C@H]5CO)cc4)n3)CC2)ccc1O.[HH].[HH].[HH].[HH]. The van der Waals surface area contributed by atoms with E-state index in [1.165, 1.54) is 17.5 Å². The average Bonchev–Trinajstić information content (AvgIpc) is 3.58. The first-order valence-corrected chi connectivity index (χ1v) is 13.6. The highest BCUT2D eigenvalue weighted by atomic mass is 32.2. The molecule has 2 heterocycles. The van der Waals surface area contributed by atoms with E-state index in [1.807, 2.05) is 0 Å². The predicted molar refractivity (Wildman–Crippen MR) is 146 cm³/mol. The molecule has 2 fully saturated rings. The normalized spacial score (nSPS) is 18.9. The van der Waals surface area contributed by atoms with E-state index in [0.717, 1.165) is 12.0 Å². The molecule has 5 rings (SSSR count). The molecule has 9 nitrogen and oxygen atoms in total. The lowest BCUT2D eigenvalue weighted by atomic mass is 9.94. The Labute approximate surface area is 221 Å². The summed E-state index contributed by atoms with van der Waals surface area (Å²) in [7, 11) is -2.23. The molecule has 0 spiro atoms. The standard InChI is InChI=1S/C27H29N3O6S.4H2/c1-36-24-16-19(9-12-23(24)32)27(13-14-27)26(33)29-25-6-2-5-22(28-25)18-7-10-21(11-8-18)37(34,35)30-15-3-4-20(30)17-31;;;;/h2,5-12,16,20,31-32H,3-4,13-15,17H2,1H3,(H,28,29,33);4*1H/t20-;;;;/m0..../s1. The van der Waals surface area contributed by atoms with E-state index in [-0.39, 0.29) is 34.9 Å². The van der Waals surface area contributed by atoms with Crippen LogP contribution in [0.15, 0.2) is 65.6 Å². The van der Waals surface area contributed by atoms with Crippen LogP contribution in [-0.2, 0) is 20.2 Å². The number of anilines is 1. The summed E-state index contributed by atoms with van der Waals surface area (Å²) in [6.45, 7) is 0.207. The van der Waals surface area contributed by atoms with Gasteiger partial charge in [0.15, 0.2) is 11.5 Å². The molecule has 37 heavy (non-hydrogen) atoms. The average molecular weight is 532 g/mol. The van der Waals surface area contributed by atoms with Crippen molar-refractivity contribution in [2.75, 3.05) is 25.6 Å². The molecule has 3 N–H and O–H groups in total. The number of nitrogens with one attached hydrogen (secondary N) is 1. The maximum absolute atomic E-state index is 13.2. The fourth-order valence-electron chi connectivity index (χ4n) is 4.89. The number of carbonyl (C=O) groups excluding carboxylic acids is 1. The smallest absolute Gasteiger partial charge is 0.243 e. The van der Waals surface area contributed by atoms with Crippen molar-refractivity contribution >= 4 is 21.7 Å². The Morgan fingerprint density at radius 2 is 1.95 bits per heavy atom. The van der Waals surface area contributed by atoms with Crippen molar-refractivity contribution in [3.8, 4) is 22.8 Å². The second-order valence-corrected chi connectivity index (χ2v) is 11.3. The number of phenolic OH excluding ortho intramolecular Hbond substituents is 1. The molecule has 0 radical (unpaired) electrons. The van der Waals surface area contributed by atoms with Gasteiger partial charge in [-0.1, -0.05) is 24.3 Å². The molecule has 1 saturated heterocycles. The maximum atomic E-state index is 13.2. The van der Waals surface area contributed by atoms with Crippen LogP contribution in [0, 0.1) is 0 Å². The van der Waals surface area contributed by atoms with E-state index in [1.54, 1.807) is 54.6 Å². The quantitative estimate of drug-likeness (QED) is 0.396. The first-order valence-electron chi connectivity index (χ1n) is 12.2. The number of carbonyl (C=O) groups is 1. The van der Waals surface area contributed by atoms with Crippen LogP contribution in [-0.4, -0.2) is 60.1 Å². The van der Waals surface area contributed by atoms with Gasteiger partial charge in [-0.3, -0.25) is 4.79 Å². The van der Waals surface area contributed by atoms with Crippen LogP contribution in [0.2, 0.25) is 0 Å². The lowest BCUT2D eigenvalue weighted by Crippen LogP contribution is -2.37. The highest BCUT2D eigenvalue weighted by Gasteiger charge is 2.51. The van der Waals surface area contributed by atoms with Crippen LogP contribution in [0.3, 0.4) is 0 Å². The summed E-state index contributed by atoms with van der Waals surface area (Å²) in [5, 5.41) is 22.3. The predicted octanol–water partition coefficient (Wildman–Crippen LogP) is 4.26. The topological polar surface area (TPSA) is 129 Å². The summed E-state index contributed by atoms with van der Waals surface area (Å²) in [5.74, 6) is 0.539. The van der Waals surface area contributed by atoms with Gasteiger partial charge in [0.1, 0.15) is 5.82 Å². The van der Waals surface area contributed by atoms with Gasteiger partial charge in [0.05, 0.1) is 29.7 Å². The monoisotopic (exact) mass is 531 g/mol. The number of nitrogens with zero attached hydrogens (tertiary/aromatic N) is 2. The third-order valence-electron chi connectivity index (χ3n) is 7.20. The molecule has 1 aromatic heterocycles. The van der Waals surface area contributed by atoms with E-state index in [9.17, 15) is 23.4 Å². The van der Waals surface area contributed by atoms with Crippen molar-refractivity contribution in [2.24, 2.45) is 0 Å². The van der Waals surface area contributed by atoms with Crippen LogP contribution >= 0.6 is 0 Å². The van der Waals surface area contributed by atoms with Gasteiger partial charge >= 0.3 is 0 Å². The lowest BCUT2D eigenvalue weighted by molar-refractivity contribution is -0.118. The molecule has 2 aliphatic rings. The molecule has 1 amide bonds. The van der Waals surface area contributed by atoms with Crippen molar-refractivity contribution in [3.63, 3.8) is 0 Å². The Bertz CT molecular complexity index is 1440. The number of phenols is 1. The molecule has 0 unspecified atom stereocenters. The highest BCUT2D eigenvalue weighted by molar-refractivity contribution is 7.89. The summed E-state index contributed by atoms with van der Waals surface area (Å²) in [6.07, 6.45) is 2.73. The van der Waals surface area contributed by atoms with Crippen LogP contribution in [0.5, 0.6) is 11.5 Å². The second-order valence-electron chi connectivity index (χ2n) is 9.45. The molecule has 0 bridgehead atoms. The number of methoxy groups -OCH3 is 1. The van der Waals surface area contributed by atoms with Gasteiger partial charge in [-0.25, -0.2) is 13.4 Å². The largest absolute Gasteiger partial charge is 0.504 e. The summed E-state index contributed by atoms with van der Waals surface area (Å²) < 4.78 is 32.6. The zero-order valence-corrected chi connectivity index (χ0v) is 21.2. The Kier molecular flexibility index (Phi) is 6.65. The number of benzene rings is 2. The number of aromatic hydroxyl groups is 1. The molecule has 1 atom stereocenters. The molecule has 1 saturated carbocycles. The molecule has 1 aliphatic heterocycles. The van der Waals surface area contributed by atoms with Crippen LogP contribution in [0.1, 0.15) is 37.0 Å².